The molecule has 0 spiro atoms. The van der Waals surface area contributed by atoms with Gasteiger partial charge in [0, 0.05) is 6.42 Å². The zero-order valence-corrected chi connectivity index (χ0v) is 11.5. The Morgan fingerprint density at radius 3 is 2.42 bits per heavy atom. The van der Waals surface area contributed by atoms with Gasteiger partial charge in [0.15, 0.2) is 5.78 Å². The normalized spacial score (nSPS) is 18.0. The van der Waals surface area contributed by atoms with E-state index in [2.05, 4.69) is 0 Å². The fourth-order valence-corrected chi connectivity index (χ4v) is 2.70. The Balaban J connectivity index is 1.88. The second kappa shape index (κ2) is 6.20. The van der Waals surface area contributed by atoms with Crippen LogP contribution in [0.2, 0.25) is 0 Å². The highest BCUT2D eigenvalue weighted by atomic mass is 16.5. The smallest absolute Gasteiger partial charge is 0.164 e. The van der Waals surface area contributed by atoms with Gasteiger partial charge in [-0.2, -0.15) is 0 Å². The molecule has 0 aliphatic heterocycles. The van der Waals surface area contributed by atoms with Gasteiger partial charge in [-0.25, -0.2) is 0 Å². The highest BCUT2D eigenvalue weighted by Gasteiger charge is 2.35. The van der Waals surface area contributed by atoms with Gasteiger partial charge in [0.1, 0.15) is 11.4 Å². The van der Waals surface area contributed by atoms with Crippen LogP contribution in [-0.4, -0.2) is 23.6 Å². The number of benzene rings is 1. The van der Waals surface area contributed by atoms with Crippen molar-refractivity contribution in [2.75, 3.05) is 7.11 Å². The minimum atomic E-state index is -1.05. The first-order valence-corrected chi connectivity index (χ1v) is 7.03. The molecule has 1 saturated carbocycles. The topological polar surface area (TPSA) is 46.5 Å². The van der Waals surface area contributed by atoms with Gasteiger partial charge in [0.2, 0.25) is 0 Å². The lowest BCUT2D eigenvalue weighted by atomic mass is 9.80. The average Bonchev–Trinajstić information content (AvgIpc) is 2.46. The van der Waals surface area contributed by atoms with E-state index < -0.39 is 5.60 Å². The number of ether oxygens (including phenoxy) is 1. The molecule has 1 N–H and O–H groups in total. The Morgan fingerprint density at radius 2 is 1.84 bits per heavy atom. The third kappa shape index (κ3) is 3.57. The average molecular weight is 262 g/mol. The summed E-state index contributed by atoms with van der Waals surface area (Å²) >= 11 is 0. The molecule has 104 valence electrons. The molecule has 0 bridgehead atoms. The molecule has 0 radical (unpaired) electrons. The van der Waals surface area contributed by atoms with E-state index in [4.69, 9.17) is 4.74 Å². The van der Waals surface area contributed by atoms with Gasteiger partial charge in [-0.1, -0.05) is 31.4 Å². The van der Waals surface area contributed by atoms with E-state index in [9.17, 15) is 9.90 Å². The molecule has 0 saturated heterocycles. The molecular formula is C16H22O3. The summed E-state index contributed by atoms with van der Waals surface area (Å²) in [6.07, 6.45) is 5.43. The second-order valence-corrected chi connectivity index (χ2v) is 5.36. The number of rotatable bonds is 5. The fourth-order valence-electron chi connectivity index (χ4n) is 2.70. The standard InChI is InChI=1S/C16H22O3/c1-19-14-8-5-13(6-9-14)7-10-15(17)16(18)11-3-2-4-12-16/h5-6,8-9,18H,2-4,7,10-12H2,1H3. The van der Waals surface area contributed by atoms with E-state index in [1.807, 2.05) is 24.3 Å². The highest BCUT2D eigenvalue weighted by molar-refractivity contribution is 5.87. The lowest BCUT2D eigenvalue weighted by molar-refractivity contribution is -0.140. The van der Waals surface area contributed by atoms with Crippen molar-refractivity contribution in [2.45, 2.75) is 50.5 Å². The Morgan fingerprint density at radius 1 is 1.21 bits per heavy atom. The van der Waals surface area contributed by atoms with Gasteiger partial charge in [-0.15, -0.1) is 0 Å². The molecule has 0 heterocycles. The van der Waals surface area contributed by atoms with Crippen LogP contribution in [0.25, 0.3) is 0 Å². The van der Waals surface area contributed by atoms with Crippen molar-refractivity contribution in [1.82, 2.24) is 0 Å². The Bertz CT molecular complexity index is 416. The van der Waals surface area contributed by atoms with Gasteiger partial charge >= 0.3 is 0 Å². The number of methoxy groups -OCH3 is 1. The maximum atomic E-state index is 12.1. The first-order valence-electron chi connectivity index (χ1n) is 7.03. The van der Waals surface area contributed by atoms with Gasteiger partial charge < -0.3 is 9.84 Å². The lowest BCUT2D eigenvalue weighted by Crippen LogP contribution is -2.40. The molecule has 2 rings (SSSR count). The number of hydrogen-bond donors (Lipinski definition) is 1. The third-order valence-electron chi connectivity index (χ3n) is 4.00. The van der Waals surface area contributed by atoms with Crippen molar-refractivity contribution in [3.05, 3.63) is 29.8 Å². The monoisotopic (exact) mass is 262 g/mol. The van der Waals surface area contributed by atoms with Crippen LogP contribution in [0.15, 0.2) is 24.3 Å². The lowest BCUT2D eigenvalue weighted by Gasteiger charge is -2.30. The van der Waals surface area contributed by atoms with Crippen LogP contribution in [0, 0.1) is 0 Å². The summed E-state index contributed by atoms with van der Waals surface area (Å²) in [4.78, 5) is 12.1. The van der Waals surface area contributed by atoms with Crippen LogP contribution in [0.1, 0.15) is 44.1 Å². The SMILES string of the molecule is COc1ccc(CCC(=O)C2(O)CCCCC2)cc1. The van der Waals surface area contributed by atoms with Crippen molar-refractivity contribution in [3.8, 4) is 5.75 Å². The largest absolute Gasteiger partial charge is 0.497 e. The van der Waals surface area contributed by atoms with Crippen LogP contribution >= 0.6 is 0 Å². The van der Waals surface area contributed by atoms with Crippen molar-refractivity contribution in [1.29, 1.82) is 0 Å². The molecule has 0 unspecified atom stereocenters. The zero-order valence-electron chi connectivity index (χ0n) is 11.5. The number of aliphatic hydroxyl groups is 1. The van der Waals surface area contributed by atoms with Crippen molar-refractivity contribution >= 4 is 5.78 Å². The molecular weight excluding hydrogens is 240 g/mol. The maximum Gasteiger partial charge on any atom is 0.164 e. The number of carbonyl (C=O) groups excluding carboxylic acids is 1. The van der Waals surface area contributed by atoms with Crippen molar-refractivity contribution in [2.24, 2.45) is 0 Å². The molecule has 1 aromatic rings. The summed E-state index contributed by atoms with van der Waals surface area (Å²) in [6, 6.07) is 7.73. The molecule has 3 heteroatoms. The Labute approximate surface area is 114 Å². The maximum absolute atomic E-state index is 12.1. The van der Waals surface area contributed by atoms with Crippen LogP contribution in [0.4, 0.5) is 0 Å². The van der Waals surface area contributed by atoms with Crippen molar-refractivity contribution < 1.29 is 14.6 Å². The van der Waals surface area contributed by atoms with E-state index in [0.717, 1.165) is 30.6 Å². The summed E-state index contributed by atoms with van der Waals surface area (Å²) in [6.45, 7) is 0. The zero-order chi connectivity index (χ0) is 13.7. The molecule has 1 aromatic carbocycles. The molecule has 0 atom stereocenters. The van der Waals surface area contributed by atoms with Gasteiger partial charge in [-0.05, 0) is 37.0 Å². The molecule has 3 nitrogen and oxygen atoms in total. The number of hydrogen-bond acceptors (Lipinski definition) is 3. The van der Waals surface area contributed by atoms with E-state index in [1.54, 1.807) is 7.11 Å². The van der Waals surface area contributed by atoms with Crippen molar-refractivity contribution in [3.63, 3.8) is 0 Å². The molecule has 1 aliphatic rings. The predicted octanol–water partition coefficient (Wildman–Crippen LogP) is 2.89. The summed E-state index contributed by atoms with van der Waals surface area (Å²) in [5.41, 5.74) is 0.0543. The van der Waals surface area contributed by atoms with E-state index in [-0.39, 0.29) is 5.78 Å². The molecule has 19 heavy (non-hydrogen) atoms. The molecule has 0 amide bonds. The third-order valence-corrected chi connectivity index (χ3v) is 4.00. The van der Waals surface area contributed by atoms with E-state index in [1.165, 1.54) is 0 Å². The number of ketones is 1. The molecule has 1 fully saturated rings. The molecule has 1 aliphatic carbocycles. The van der Waals surface area contributed by atoms with Gasteiger partial charge in [-0.3, -0.25) is 4.79 Å². The van der Waals surface area contributed by atoms with E-state index >= 15 is 0 Å². The van der Waals surface area contributed by atoms with Gasteiger partial charge in [0.05, 0.1) is 7.11 Å². The molecule has 0 aromatic heterocycles. The Kier molecular flexibility index (Phi) is 4.59. The van der Waals surface area contributed by atoms with Gasteiger partial charge in [0.25, 0.3) is 0 Å². The fraction of sp³-hybridized carbons (Fsp3) is 0.562. The number of carbonyl (C=O) groups is 1. The first-order chi connectivity index (χ1) is 9.14. The quantitative estimate of drug-likeness (QED) is 0.887. The minimum Gasteiger partial charge on any atom is -0.497 e. The van der Waals surface area contributed by atoms with Crippen LogP contribution in [-0.2, 0) is 11.2 Å². The van der Waals surface area contributed by atoms with Crippen LogP contribution < -0.4 is 4.74 Å². The predicted molar refractivity (Wildman–Crippen MR) is 74.4 cm³/mol. The highest BCUT2D eigenvalue weighted by Crippen LogP contribution is 2.30. The summed E-state index contributed by atoms with van der Waals surface area (Å²) in [5, 5.41) is 10.3. The number of Topliss-reactive ketones (excluding diaryl/α,β-unsaturated/α-hetero) is 1. The van der Waals surface area contributed by atoms with E-state index in [0.29, 0.717) is 25.7 Å². The summed E-state index contributed by atoms with van der Waals surface area (Å²) in [5.74, 6) is 0.823. The summed E-state index contributed by atoms with van der Waals surface area (Å²) in [7, 11) is 1.64. The Hall–Kier alpha value is -1.35. The minimum absolute atomic E-state index is 0.00279. The van der Waals surface area contributed by atoms with Crippen LogP contribution in [0.3, 0.4) is 0 Å². The number of aryl methyl sites for hydroxylation is 1. The van der Waals surface area contributed by atoms with Crippen LogP contribution in [0.5, 0.6) is 5.75 Å². The second-order valence-electron chi connectivity index (χ2n) is 5.36. The first kappa shape index (κ1) is 14.1. The summed E-state index contributed by atoms with van der Waals surface area (Å²) < 4.78 is 5.10.